The molecule has 3 aromatic carbocycles. The lowest BCUT2D eigenvalue weighted by molar-refractivity contribution is -0.133. The maximum atomic E-state index is 12.4. The molecule has 186 valence electrons. The van der Waals surface area contributed by atoms with Gasteiger partial charge in [-0.1, -0.05) is 112 Å². The lowest BCUT2D eigenvalue weighted by atomic mass is 9.77. The highest BCUT2D eigenvalue weighted by molar-refractivity contribution is 5.38. The van der Waals surface area contributed by atoms with E-state index >= 15 is 0 Å². The lowest BCUT2D eigenvalue weighted by Gasteiger charge is -2.45. The second kappa shape index (κ2) is 10.7. The van der Waals surface area contributed by atoms with Crippen LogP contribution in [0.3, 0.4) is 0 Å². The first-order valence-corrected chi connectivity index (χ1v) is 13.2. The van der Waals surface area contributed by atoms with Gasteiger partial charge in [0.1, 0.15) is 11.3 Å². The summed E-state index contributed by atoms with van der Waals surface area (Å²) in [4.78, 5) is 2.28. The summed E-state index contributed by atoms with van der Waals surface area (Å²) >= 11 is 0. The molecule has 1 aliphatic heterocycles. The van der Waals surface area contributed by atoms with Gasteiger partial charge in [0.15, 0.2) is 0 Å². The average Bonchev–Trinajstić information content (AvgIpc) is 2.89. The van der Waals surface area contributed by atoms with Crippen molar-refractivity contribution in [1.82, 2.24) is 4.90 Å². The summed E-state index contributed by atoms with van der Waals surface area (Å²) in [5.41, 5.74) is 1.75. The van der Waals surface area contributed by atoms with Gasteiger partial charge in [0.25, 0.3) is 0 Å². The zero-order chi connectivity index (χ0) is 24.9. The molecule has 3 nitrogen and oxygen atoms in total. The first-order chi connectivity index (χ1) is 16.7. The molecule has 1 unspecified atom stereocenters. The van der Waals surface area contributed by atoms with Crippen LogP contribution in [0.2, 0.25) is 0 Å². The molecule has 2 N–H and O–H groups in total. The van der Waals surface area contributed by atoms with Crippen LogP contribution in [0.25, 0.3) is 0 Å². The van der Waals surface area contributed by atoms with Crippen molar-refractivity contribution in [2.45, 2.75) is 76.0 Å². The van der Waals surface area contributed by atoms with E-state index < -0.39 is 11.3 Å². The molecule has 35 heavy (non-hydrogen) atoms. The number of likely N-dealkylation sites (tertiary alicyclic amines) is 1. The Morgan fingerprint density at radius 1 is 0.629 bits per heavy atom. The molecule has 0 spiro atoms. The van der Waals surface area contributed by atoms with Crippen molar-refractivity contribution < 1.29 is 10.2 Å². The quantitative estimate of drug-likeness (QED) is 0.383. The van der Waals surface area contributed by atoms with Gasteiger partial charge in [0.05, 0.1) is 0 Å². The number of nitrogens with zero attached hydrogens (tertiary/aromatic N) is 1. The Bertz CT molecular complexity index is 1030. The van der Waals surface area contributed by atoms with Crippen molar-refractivity contribution in [3.8, 4) is 0 Å². The van der Waals surface area contributed by atoms with E-state index in [0.717, 1.165) is 42.6 Å². The monoisotopic (exact) mass is 471 g/mol. The number of hydrogen-bond donors (Lipinski definition) is 2. The van der Waals surface area contributed by atoms with Gasteiger partial charge in [-0.05, 0) is 54.2 Å². The largest absolute Gasteiger partial charge is 0.380 e. The predicted molar refractivity (Wildman–Crippen MR) is 144 cm³/mol. The van der Waals surface area contributed by atoms with Crippen LogP contribution in [-0.2, 0) is 16.7 Å². The number of aliphatic hydroxyl groups is 2. The van der Waals surface area contributed by atoms with Crippen LogP contribution < -0.4 is 0 Å². The third kappa shape index (κ3) is 5.53. The van der Waals surface area contributed by atoms with Gasteiger partial charge in [0, 0.05) is 18.7 Å². The first kappa shape index (κ1) is 25.6. The Hall–Kier alpha value is -2.46. The minimum Gasteiger partial charge on any atom is -0.380 e. The summed E-state index contributed by atoms with van der Waals surface area (Å²) in [5.74, 6) is 0. The molecule has 0 amide bonds. The van der Waals surface area contributed by atoms with E-state index in [4.69, 9.17) is 0 Å². The zero-order valence-electron chi connectivity index (χ0n) is 21.6. The van der Waals surface area contributed by atoms with E-state index in [9.17, 15) is 10.2 Å². The molecule has 3 heteroatoms. The summed E-state index contributed by atoms with van der Waals surface area (Å²) in [6, 6.07) is 28.3. The van der Waals surface area contributed by atoms with E-state index in [0.29, 0.717) is 19.3 Å². The van der Waals surface area contributed by atoms with Crippen molar-refractivity contribution in [3.63, 3.8) is 0 Å². The first-order valence-electron chi connectivity index (χ1n) is 13.2. The van der Waals surface area contributed by atoms with Crippen LogP contribution in [0.5, 0.6) is 0 Å². The smallest absolute Gasteiger partial charge is 0.144 e. The number of benzene rings is 3. The number of rotatable bonds is 8. The van der Waals surface area contributed by atoms with Gasteiger partial charge in [-0.15, -0.1) is 0 Å². The van der Waals surface area contributed by atoms with Crippen molar-refractivity contribution in [2.75, 3.05) is 13.1 Å². The topological polar surface area (TPSA) is 43.7 Å². The van der Waals surface area contributed by atoms with E-state index in [1.165, 1.54) is 12.0 Å². The highest BCUT2D eigenvalue weighted by atomic mass is 16.3. The average molecular weight is 472 g/mol. The fourth-order valence-corrected chi connectivity index (χ4v) is 5.69. The molecule has 1 atom stereocenters. The van der Waals surface area contributed by atoms with E-state index in [1.807, 2.05) is 66.7 Å². The van der Waals surface area contributed by atoms with Crippen molar-refractivity contribution in [3.05, 3.63) is 107 Å². The highest BCUT2D eigenvalue weighted by Crippen LogP contribution is 2.41. The van der Waals surface area contributed by atoms with Crippen LogP contribution >= 0.6 is 0 Å². The molecule has 1 aliphatic rings. The van der Waals surface area contributed by atoms with E-state index in [-0.39, 0.29) is 5.41 Å². The third-order valence-corrected chi connectivity index (χ3v) is 7.61. The molecule has 0 aromatic heterocycles. The van der Waals surface area contributed by atoms with Crippen LogP contribution in [0.1, 0.15) is 81.5 Å². The van der Waals surface area contributed by atoms with Crippen LogP contribution in [0.15, 0.2) is 84.9 Å². The second-order valence-electron chi connectivity index (χ2n) is 11.1. The summed E-state index contributed by atoms with van der Waals surface area (Å²) < 4.78 is 0. The molecule has 1 saturated heterocycles. The molecule has 4 rings (SSSR count). The summed E-state index contributed by atoms with van der Waals surface area (Å²) in [6.45, 7) is 8.44. The molecule has 0 aliphatic carbocycles. The van der Waals surface area contributed by atoms with Crippen LogP contribution in [-0.4, -0.2) is 28.2 Å². The Morgan fingerprint density at radius 3 is 1.63 bits per heavy atom. The van der Waals surface area contributed by atoms with E-state index in [2.05, 4.69) is 43.9 Å². The number of hydrogen-bond acceptors (Lipinski definition) is 3. The molecule has 0 radical (unpaired) electrons. The Kier molecular flexibility index (Phi) is 7.80. The lowest BCUT2D eigenvalue weighted by Crippen LogP contribution is -2.50. The van der Waals surface area contributed by atoms with Crippen molar-refractivity contribution in [2.24, 2.45) is 0 Å². The minimum atomic E-state index is -1.10. The molecule has 1 heterocycles. The Balaban J connectivity index is 1.67. The zero-order valence-corrected chi connectivity index (χ0v) is 21.6. The van der Waals surface area contributed by atoms with Crippen LogP contribution in [0, 0.1) is 0 Å². The van der Waals surface area contributed by atoms with Gasteiger partial charge >= 0.3 is 0 Å². The maximum Gasteiger partial charge on any atom is 0.144 e. The normalized spacial score (nSPS) is 17.2. The van der Waals surface area contributed by atoms with Gasteiger partial charge < -0.3 is 10.2 Å². The fourth-order valence-electron chi connectivity index (χ4n) is 5.69. The number of piperidine rings is 1. The fraction of sp³-hybridized carbons (Fsp3) is 0.438. The SMILES string of the molecule is CC(C)(C)c1ccccc1C(O)(CCCC(O)(c1ccccc1)c1ccccc1)N1CCCCC1. The molecular weight excluding hydrogens is 430 g/mol. The minimum absolute atomic E-state index is 0.0742. The van der Waals surface area contributed by atoms with Gasteiger partial charge in [-0.3, -0.25) is 4.90 Å². The molecular formula is C32H41NO2. The Morgan fingerprint density at radius 2 is 1.11 bits per heavy atom. The summed E-state index contributed by atoms with van der Waals surface area (Å²) in [6.07, 6.45) is 5.23. The van der Waals surface area contributed by atoms with Crippen molar-refractivity contribution >= 4 is 0 Å². The second-order valence-corrected chi connectivity index (χ2v) is 11.1. The van der Waals surface area contributed by atoms with Gasteiger partial charge in [-0.25, -0.2) is 0 Å². The van der Waals surface area contributed by atoms with Gasteiger partial charge in [-0.2, -0.15) is 0 Å². The third-order valence-electron chi connectivity index (χ3n) is 7.61. The molecule has 0 bridgehead atoms. The highest BCUT2D eigenvalue weighted by Gasteiger charge is 2.41. The molecule has 0 saturated carbocycles. The summed E-state index contributed by atoms with van der Waals surface area (Å²) in [5, 5.41) is 24.5. The molecule has 3 aromatic rings. The Labute approximate surface area is 211 Å². The predicted octanol–water partition coefficient (Wildman–Crippen LogP) is 6.72. The summed E-state index contributed by atoms with van der Waals surface area (Å²) in [7, 11) is 0. The van der Waals surface area contributed by atoms with E-state index in [1.54, 1.807) is 0 Å². The molecule has 1 fully saturated rings. The maximum absolute atomic E-state index is 12.4. The van der Waals surface area contributed by atoms with Gasteiger partial charge in [0.2, 0.25) is 0 Å². The van der Waals surface area contributed by atoms with Crippen LogP contribution in [0.4, 0.5) is 0 Å². The standard InChI is InChI=1S/C32H41NO2/c1-30(2,3)28-20-11-12-21-29(28)32(35,33-24-13-6-14-25-33)23-15-22-31(34,26-16-7-4-8-17-26)27-18-9-5-10-19-27/h4-5,7-12,16-21,34-35H,6,13-15,22-25H2,1-3H3. The van der Waals surface area contributed by atoms with Crippen molar-refractivity contribution in [1.29, 1.82) is 0 Å².